The Kier molecular flexibility index (Phi) is 4.97. The number of thiazole rings is 1. The van der Waals surface area contributed by atoms with E-state index >= 15 is 0 Å². The Hall–Kier alpha value is -2.97. The minimum Gasteiger partial charge on any atom is -0.324 e. The maximum absolute atomic E-state index is 12.7. The molecule has 0 fully saturated rings. The molecule has 0 saturated heterocycles. The van der Waals surface area contributed by atoms with Gasteiger partial charge in [-0.1, -0.05) is 29.3 Å². The number of rotatable bonds is 5. The van der Waals surface area contributed by atoms with Crippen LogP contribution in [0.1, 0.15) is 41.8 Å². The quantitative estimate of drug-likeness (QED) is 0.465. The van der Waals surface area contributed by atoms with E-state index in [9.17, 15) is 14.4 Å². The van der Waals surface area contributed by atoms with E-state index in [4.69, 9.17) is 4.84 Å². The average Bonchev–Trinajstić information content (AvgIpc) is 3.23. The molecule has 0 spiro atoms. The first kappa shape index (κ1) is 18.4. The third-order valence-electron chi connectivity index (χ3n) is 4.08. The maximum atomic E-state index is 12.7. The van der Waals surface area contributed by atoms with Gasteiger partial charge in [-0.2, -0.15) is 0 Å². The van der Waals surface area contributed by atoms with Crippen LogP contribution in [0.3, 0.4) is 0 Å². The van der Waals surface area contributed by atoms with Crippen molar-refractivity contribution in [2.45, 2.75) is 17.6 Å². The van der Waals surface area contributed by atoms with Crippen molar-refractivity contribution in [3.8, 4) is 0 Å². The van der Waals surface area contributed by atoms with Gasteiger partial charge >= 0.3 is 5.97 Å². The van der Waals surface area contributed by atoms with Gasteiger partial charge < -0.3 is 4.84 Å². The van der Waals surface area contributed by atoms with Gasteiger partial charge in [-0.25, -0.2) is 9.78 Å². The summed E-state index contributed by atoms with van der Waals surface area (Å²) in [6.45, 7) is 1.94. The van der Waals surface area contributed by atoms with Crippen molar-refractivity contribution in [2.75, 3.05) is 0 Å². The minimum absolute atomic E-state index is 0.224. The summed E-state index contributed by atoms with van der Waals surface area (Å²) in [6, 6.07) is 13.3. The Labute approximate surface area is 169 Å². The first-order valence-corrected chi connectivity index (χ1v) is 10.2. The van der Waals surface area contributed by atoms with Crippen molar-refractivity contribution in [3.63, 3.8) is 0 Å². The fourth-order valence-corrected chi connectivity index (χ4v) is 4.42. The highest BCUT2D eigenvalue weighted by molar-refractivity contribution is 7.98. The van der Waals surface area contributed by atoms with Gasteiger partial charge in [-0.05, 0) is 31.2 Å². The molecule has 0 bridgehead atoms. The second-order valence-corrected chi connectivity index (χ2v) is 8.05. The summed E-state index contributed by atoms with van der Waals surface area (Å²) >= 11 is 3.01. The standard InChI is InChI=1S/C20H14N2O4S2/c1-12-21-13(10-27-12)11-28-17-9-5-4-8-16(17)20(25)26-22-18(23)14-6-2-3-7-15(14)19(22)24/h2-10H,11H2,1H3. The minimum atomic E-state index is -0.757. The molecule has 0 aliphatic carbocycles. The topological polar surface area (TPSA) is 76.6 Å². The highest BCUT2D eigenvalue weighted by Gasteiger charge is 2.39. The van der Waals surface area contributed by atoms with E-state index in [0.717, 1.165) is 10.7 Å². The predicted octanol–water partition coefficient (Wildman–Crippen LogP) is 4.11. The van der Waals surface area contributed by atoms with Gasteiger partial charge in [0.05, 0.1) is 27.4 Å². The molecule has 1 aromatic heterocycles. The van der Waals surface area contributed by atoms with Gasteiger partial charge in [0.15, 0.2) is 0 Å². The smallest absolute Gasteiger partial charge is 0.324 e. The summed E-state index contributed by atoms with van der Waals surface area (Å²) in [4.78, 5) is 47.7. The van der Waals surface area contributed by atoms with Crippen LogP contribution in [0, 0.1) is 6.92 Å². The molecule has 28 heavy (non-hydrogen) atoms. The molecule has 4 rings (SSSR count). The number of thioether (sulfide) groups is 1. The lowest BCUT2D eigenvalue weighted by Gasteiger charge is -2.14. The number of fused-ring (bicyclic) bond motifs is 1. The second kappa shape index (κ2) is 7.57. The number of imide groups is 1. The first-order valence-electron chi connectivity index (χ1n) is 8.37. The van der Waals surface area contributed by atoms with Crippen molar-refractivity contribution in [3.05, 3.63) is 81.3 Å². The van der Waals surface area contributed by atoms with Gasteiger partial charge in [0, 0.05) is 16.0 Å². The van der Waals surface area contributed by atoms with Crippen LogP contribution in [0.25, 0.3) is 0 Å². The molecule has 1 aliphatic rings. The summed E-state index contributed by atoms with van der Waals surface area (Å²) in [5.74, 6) is -1.44. The molecule has 0 unspecified atom stereocenters. The average molecular weight is 410 g/mol. The second-order valence-electron chi connectivity index (χ2n) is 5.97. The predicted molar refractivity (Wildman–Crippen MR) is 105 cm³/mol. The highest BCUT2D eigenvalue weighted by atomic mass is 32.2. The van der Waals surface area contributed by atoms with Crippen LogP contribution in [-0.4, -0.2) is 27.8 Å². The highest BCUT2D eigenvalue weighted by Crippen LogP contribution is 2.29. The summed E-state index contributed by atoms with van der Waals surface area (Å²) in [7, 11) is 0. The summed E-state index contributed by atoms with van der Waals surface area (Å²) in [6.07, 6.45) is 0. The van der Waals surface area contributed by atoms with Crippen LogP contribution < -0.4 is 0 Å². The van der Waals surface area contributed by atoms with Crippen molar-refractivity contribution in [1.82, 2.24) is 10.0 Å². The lowest BCUT2D eigenvalue weighted by atomic mass is 10.1. The Bertz CT molecular complexity index is 1060. The zero-order valence-corrected chi connectivity index (χ0v) is 16.4. The summed E-state index contributed by atoms with van der Waals surface area (Å²) in [5.41, 5.74) is 1.66. The van der Waals surface area contributed by atoms with E-state index < -0.39 is 17.8 Å². The van der Waals surface area contributed by atoms with E-state index in [1.54, 1.807) is 41.7 Å². The third-order valence-corrected chi connectivity index (χ3v) is 6.01. The molecular formula is C20H14N2O4S2. The van der Waals surface area contributed by atoms with Gasteiger partial charge in [-0.15, -0.1) is 23.1 Å². The fourth-order valence-electron chi connectivity index (χ4n) is 2.77. The monoisotopic (exact) mass is 410 g/mol. The lowest BCUT2D eigenvalue weighted by molar-refractivity contribution is -0.0586. The number of aryl methyl sites for hydroxylation is 1. The number of nitrogens with zero attached hydrogens (tertiary/aromatic N) is 2. The number of benzene rings is 2. The van der Waals surface area contributed by atoms with Gasteiger partial charge in [0.25, 0.3) is 11.8 Å². The lowest BCUT2D eigenvalue weighted by Crippen LogP contribution is -2.32. The summed E-state index contributed by atoms with van der Waals surface area (Å²) in [5, 5.41) is 3.48. The molecule has 8 heteroatoms. The number of hydroxylamine groups is 2. The van der Waals surface area contributed by atoms with Crippen LogP contribution in [0.4, 0.5) is 0 Å². The van der Waals surface area contributed by atoms with Gasteiger partial charge in [0.1, 0.15) is 0 Å². The van der Waals surface area contributed by atoms with E-state index in [-0.39, 0.29) is 16.7 Å². The Morgan fingerprint density at radius 1 is 1.07 bits per heavy atom. The number of carbonyl (C=O) groups is 3. The molecule has 1 aliphatic heterocycles. The van der Waals surface area contributed by atoms with Crippen LogP contribution in [0.15, 0.2) is 58.8 Å². The number of amides is 2. The van der Waals surface area contributed by atoms with Crippen LogP contribution in [0.2, 0.25) is 0 Å². The van der Waals surface area contributed by atoms with Crippen molar-refractivity contribution < 1.29 is 19.2 Å². The van der Waals surface area contributed by atoms with Crippen molar-refractivity contribution in [1.29, 1.82) is 0 Å². The zero-order chi connectivity index (χ0) is 19.7. The largest absolute Gasteiger partial charge is 0.365 e. The zero-order valence-electron chi connectivity index (χ0n) is 14.7. The molecule has 140 valence electrons. The SMILES string of the molecule is Cc1nc(CSc2ccccc2C(=O)ON2C(=O)c3ccccc3C2=O)cs1. The third kappa shape index (κ3) is 3.44. The van der Waals surface area contributed by atoms with Crippen molar-refractivity contribution >= 4 is 40.9 Å². The Morgan fingerprint density at radius 3 is 2.36 bits per heavy atom. The van der Waals surface area contributed by atoms with E-state index in [1.165, 1.54) is 23.9 Å². The molecule has 6 nitrogen and oxygen atoms in total. The van der Waals surface area contributed by atoms with E-state index in [0.29, 0.717) is 15.7 Å². The number of hydrogen-bond donors (Lipinski definition) is 0. The maximum Gasteiger partial charge on any atom is 0.365 e. The molecule has 3 aromatic rings. The molecule has 2 amide bonds. The first-order chi connectivity index (χ1) is 13.5. The molecule has 2 heterocycles. The molecule has 0 radical (unpaired) electrons. The van der Waals surface area contributed by atoms with E-state index in [1.807, 2.05) is 18.4 Å². The summed E-state index contributed by atoms with van der Waals surface area (Å²) < 4.78 is 0. The molecule has 0 N–H and O–H groups in total. The molecular weight excluding hydrogens is 396 g/mol. The van der Waals surface area contributed by atoms with E-state index in [2.05, 4.69) is 4.98 Å². The van der Waals surface area contributed by atoms with Gasteiger partial charge in [0.2, 0.25) is 0 Å². The van der Waals surface area contributed by atoms with Gasteiger partial charge in [-0.3, -0.25) is 9.59 Å². The van der Waals surface area contributed by atoms with Crippen molar-refractivity contribution in [2.24, 2.45) is 0 Å². The molecule has 2 aromatic carbocycles. The number of hydrogen-bond acceptors (Lipinski definition) is 7. The Balaban J connectivity index is 1.51. The number of carbonyl (C=O) groups excluding carboxylic acids is 3. The van der Waals surface area contributed by atoms with Crippen LogP contribution in [-0.2, 0) is 10.6 Å². The number of aromatic nitrogens is 1. The Morgan fingerprint density at radius 2 is 1.71 bits per heavy atom. The van der Waals surface area contributed by atoms with Crippen LogP contribution in [0.5, 0.6) is 0 Å². The van der Waals surface area contributed by atoms with Crippen LogP contribution >= 0.6 is 23.1 Å². The molecule has 0 saturated carbocycles. The molecule has 0 atom stereocenters. The fraction of sp³-hybridized carbons (Fsp3) is 0.100. The normalized spacial score (nSPS) is 13.0.